The van der Waals surface area contributed by atoms with Gasteiger partial charge in [-0.15, -0.1) is 0 Å². The number of nitrogens with zero attached hydrogens (tertiary/aromatic N) is 2. The quantitative estimate of drug-likeness (QED) is 0.618. The van der Waals surface area contributed by atoms with E-state index in [1.165, 1.54) is 4.90 Å². The van der Waals surface area contributed by atoms with Crippen molar-refractivity contribution in [1.82, 2.24) is 10.3 Å². The third kappa shape index (κ3) is 7.18. The van der Waals surface area contributed by atoms with Crippen LogP contribution in [0, 0.1) is 20.8 Å². The molecular weight excluding hydrogens is 404 g/mol. The lowest BCUT2D eigenvalue weighted by molar-refractivity contribution is -0.125. The predicted octanol–water partition coefficient (Wildman–Crippen LogP) is 4.06. The Balaban J connectivity index is 2.13. The Morgan fingerprint density at radius 3 is 2.41 bits per heavy atom. The number of hydrogen-bond donors (Lipinski definition) is 2. The number of aryl methyl sites for hydroxylation is 2. The van der Waals surface area contributed by atoms with Crippen LogP contribution in [0.5, 0.6) is 0 Å². The summed E-state index contributed by atoms with van der Waals surface area (Å²) in [5, 5.41) is 5.69. The molecule has 2 aromatic rings. The minimum absolute atomic E-state index is 0.00209. The Kier molecular flexibility index (Phi) is 8.52. The van der Waals surface area contributed by atoms with Gasteiger partial charge >= 0.3 is 0 Å². The number of pyridine rings is 1. The first-order valence-electron chi connectivity index (χ1n) is 10.9. The average Bonchev–Trinajstić information content (AvgIpc) is 2.72. The zero-order valence-electron chi connectivity index (χ0n) is 19.9. The van der Waals surface area contributed by atoms with E-state index in [2.05, 4.69) is 15.6 Å². The van der Waals surface area contributed by atoms with Crippen molar-refractivity contribution in [2.75, 3.05) is 16.8 Å². The molecule has 0 bridgehead atoms. The molecule has 3 amide bonds. The van der Waals surface area contributed by atoms with Gasteiger partial charge in [0.05, 0.1) is 0 Å². The number of rotatable bonds is 9. The summed E-state index contributed by atoms with van der Waals surface area (Å²) in [6.07, 6.45) is 2.37. The lowest BCUT2D eigenvalue weighted by atomic mass is 10.0. The summed E-state index contributed by atoms with van der Waals surface area (Å²) in [5.74, 6) is -0.362. The minimum atomic E-state index is -0.367. The summed E-state index contributed by atoms with van der Waals surface area (Å²) >= 11 is 0. The number of amides is 3. The molecule has 2 N–H and O–H groups in total. The Bertz CT molecular complexity index is 985. The lowest BCUT2D eigenvalue weighted by Gasteiger charge is -2.29. The Labute approximate surface area is 190 Å². The van der Waals surface area contributed by atoms with E-state index in [-0.39, 0.29) is 42.6 Å². The topological polar surface area (TPSA) is 91.4 Å². The summed E-state index contributed by atoms with van der Waals surface area (Å²) in [6.45, 7) is 11.6. The van der Waals surface area contributed by atoms with Crippen molar-refractivity contribution in [2.45, 2.75) is 66.3 Å². The van der Waals surface area contributed by atoms with Gasteiger partial charge in [-0.3, -0.25) is 14.4 Å². The summed E-state index contributed by atoms with van der Waals surface area (Å²) in [5.41, 5.74) is 3.25. The van der Waals surface area contributed by atoms with Crippen molar-refractivity contribution < 1.29 is 14.4 Å². The monoisotopic (exact) mass is 438 g/mol. The van der Waals surface area contributed by atoms with Gasteiger partial charge < -0.3 is 15.5 Å². The molecule has 32 heavy (non-hydrogen) atoms. The number of benzene rings is 1. The zero-order valence-corrected chi connectivity index (χ0v) is 19.9. The van der Waals surface area contributed by atoms with Crippen molar-refractivity contribution in [2.24, 2.45) is 0 Å². The summed E-state index contributed by atoms with van der Waals surface area (Å²) in [4.78, 5) is 43.8. The van der Waals surface area contributed by atoms with E-state index in [1.54, 1.807) is 12.3 Å². The molecule has 0 saturated heterocycles. The van der Waals surface area contributed by atoms with E-state index in [0.717, 1.165) is 23.1 Å². The van der Waals surface area contributed by atoms with Gasteiger partial charge in [0.25, 0.3) is 0 Å². The molecule has 0 atom stereocenters. The van der Waals surface area contributed by atoms with Crippen LogP contribution in [0.25, 0.3) is 0 Å². The van der Waals surface area contributed by atoms with Crippen LogP contribution >= 0.6 is 0 Å². The van der Waals surface area contributed by atoms with E-state index in [0.29, 0.717) is 11.5 Å². The molecule has 1 aromatic heterocycles. The van der Waals surface area contributed by atoms with Gasteiger partial charge in [-0.05, 0) is 75.9 Å². The molecule has 2 rings (SSSR count). The number of aromatic nitrogens is 1. The van der Waals surface area contributed by atoms with Gasteiger partial charge in [-0.1, -0.05) is 19.1 Å². The molecule has 172 valence electrons. The number of carbonyl (C=O) groups is 3. The van der Waals surface area contributed by atoms with E-state index in [1.807, 2.05) is 65.8 Å². The fourth-order valence-electron chi connectivity index (χ4n) is 3.15. The first-order chi connectivity index (χ1) is 15.0. The third-order valence-corrected chi connectivity index (χ3v) is 5.58. The normalized spacial score (nSPS) is 11.1. The van der Waals surface area contributed by atoms with Gasteiger partial charge in [-0.25, -0.2) is 4.98 Å². The maximum Gasteiger partial charge on any atom is 0.240 e. The van der Waals surface area contributed by atoms with Crippen LogP contribution in [0.3, 0.4) is 0 Å². The van der Waals surface area contributed by atoms with Gasteiger partial charge in [0.1, 0.15) is 12.4 Å². The van der Waals surface area contributed by atoms with Crippen molar-refractivity contribution in [3.05, 3.63) is 53.2 Å². The summed E-state index contributed by atoms with van der Waals surface area (Å²) in [7, 11) is 0. The van der Waals surface area contributed by atoms with Crippen molar-refractivity contribution >= 4 is 29.2 Å². The maximum atomic E-state index is 13.1. The molecule has 0 radical (unpaired) electrons. The number of nitrogens with one attached hydrogen (secondary N) is 2. The fraction of sp³-hybridized carbons (Fsp3) is 0.440. The lowest BCUT2D eigenvalue weighted by Crippen LogP contribution is -2.49. The molecule has 0 fully saturated rings. The van der Waals surface area contributed by atoms with Gasteiger partial charge in [0.15, 0.2) is 0 Å². The highest BCUT2D eigenvalue weighted by atomic mass is 16.2. The smallest absolute Gasteiger partial charge is 0.240 e. The van der Waals surface area contributed by atoms with Crippen LogP contribution < -0.4 is 15.5 Å². The first-order valence-corrected chi connectivity index (χ1v) is 10.9. The maximum absolute atomic E-state index is 13.1. The Morgan fingerprint density at radius 2 is 1.75 bits per heavy atom. The number of anilines is 2. The van der Waals surface area contributed by atoms with Crippen LogP contribution in [-0.4, -0.2) is 34.8 Å². The molecule has 0 unspecified atom stereocenters. The highest BCUT2D eigenvalue weighted by molar-refractivity contribution is 6.01. The summed E-state index contributed by atoms with van der Waals surface area (Å²) in [6, 6.07) is 9.26. The first kappa shape index (κ1) is 25.0. The predicted molar refractivity (Wildman–Crippen MR) is 128 cm³/mol. The van der Waals surface area contributed by atoms with Crippen molar-refractivity contribution in [3.8, 4) is 0 Å². The molecule has 0 aliphatic carbocycles. The number of hydrogen-bond acceptors (Lipinski definition) is 4. The second kappa shape index (κ2) is 10.9. The van der Waals surface area contributed by atoms with Crippen molar-refractivity contribution in [1.29, 1.82) is 0 Å². The van der Waals surface area contributed by atoms with Gasteiger partial charge in [0, 0.05) is 30.3 Å². The third-order valence-electron chi connectivity index (χ3n) is 5.58. The Morgan fingerprint density at radius 1 is 1.03 bits per heavy atom. The molecule has 0 spiro atoms. The minimum Gasteiger partial charge on any atom is -0.350 e. The van der Waals surface area contributed by atoms with E-state index in [9.17, 15) is 14.4 Å². The average molecular weight is 439 g/mol. The van der Waals surface area contributed by atoms with E-state index in [4.69, 9.17) is 0 Å². The van der Waals surface area contributed by atoms with Gasteiger partial charge in [-0.2, -0.15) is 0 Å². The molecule has 7 heteroatoms. The Hall–Kier alpha value is -3.22. The molecule has 0 aliphatic rings. The second-order valence-corrected chi connectivity index (χ2v) is 8.75. The molecule has 1 heterocycles. The fourth-order valence-corrected chi connectivity index (χ4v) is 3.15. The van der Waals surface area contributed by atoms with E-state index >= 15 is 0 Å². The zero-order chi connectivity index (χ0) is 23.9. The summed E-state index contributed by atoms with van der Waals surface area (Å²) < 4.78 is 0. The van der Waals surface area contributed by atoms with Crippen LogP contribution in [0.2, 0.25) is 0 Å². The van der Waals surface area contributed by atoms with Gasteiger partial charge in [0.2, 0.25) is 17.7 Å². The van der Waals surface area contributed by atoms with Crippen LogP contribution in [0.4, 0.5) is 11.5 Å². The largest absolute Gasteiger partial charge is 0.350 e. The molecule has 7 nitrogen and oxygen atoms in total. The van der Waals surface area contributed by atoms with Crippen LogP contribution in [-0.2, 0) is 14.4 Å². The van der Waals surface area contributed by atoms with Crippen molar-refractivity contribution in [3.63, 3.8) is 0 Å². The molecular formula is C25H34N4O3. The molecule has 0 aliphatic heterocycles. The molecule has 1 aromatic carbocycles. The van der Waals surface area contributed by atoms with Crippen LogP contribution in [0.1, 0.15) is 56.7 Å². The highest BCUT2D eigenvalue weighted by Gasteiger charge is 2.25. The SMILES string of the molecule is CCC(C)(C)NC(=O)CN(C(=O)CCC(=O)Nc1cc(C)ccn1)c1cccc(C)c1C. The highest BCUT2D eigenvalue weighted by Crippen LogP contribution is 2.24. The van der Waals surface area contributed by atoms with Crippen LogP contribution in [0.15, 0.2) is 36.5 Å². The molecule has 0 saturated carbocycles. The van der Waals surface area contributed by atoms with E-state index < -0.39 is 0 Å². The second-order valence-electron chi connectivity index (χ2n) is 8.75. The number of carbonyl (C=O) groups excluding carboxylic acids is 3. The standard InChI is InChI=1S/C25H34N4O3/c1-7-25(5,6)28-23(31)16-29(20-10-8-9-18(3)19(20)4)24(32)12-11-22(30)27-21-15-17(2)13-14-26-21/h8-10,13-15H,7,11-12,16H2,1-6H3,(H,28,31)(H,26,27,30).